The summed E-state index contributed by atoms with van der Waals surface area (Å²) >= 11 is 8.01. The maximum Gasteiger partial charge on any atom is 0.253 e. The minimum atomic E-state index is -3.68. The predicted molar refractivity (Wildman–Crippen MR) is 125 cm³/mol. The average molecular weight is 485 g/mol. The Hall–Kier alpha value is -1.45. The van der Waals surface area contributed by atoms with Crippen molar-refractivity contribution in [1.29, 1.82) is 0 Å². The van der Waals surface area contributed by atoms with Crippen molar-refractivity contribution in [3.05, 3.63) is 51.2 Å². The number of carbonyl (C=O) groups is 1. The Labute approximate surface area is 194 Å². The Bertz CT molecular complexity index is 985. The fourth-order valence-electron chi connectivity index (χ4n) is 4.33. The van der Waals surface area contributed by atoms with Gasteiger partial charge in [-0.25, -0.2) is 8.42 Å². The molecule has 2 aromatic rings. The summed E-state index contributed by atoms with van der Waals surface area (Å²) in [7, 11) is -3.68. The molecule has 1 aromatic heterocycles. The molecule has 0 radical (unpaired) electrons. The van der Waals surface area contributed by atoms with Gasteiger partial charge in [-0.3, -0.25) is 4.79 Å². The molecular weight excluding hydrogens is 454 g/mol. The molecule has 31 heavy (non-hydrogen) atoms. The number of quaternary nitrogens is 1. The topological polar surface area (TPSA) is 70.9 Å². The van der Waals surface area contributed by atoms with Crippen LogP contribution in [0.25, 0.3) is 0 Å². The van der Waals surface area contributed by atoms with E-state index < -0.39 is 10.0 Å². The molecule has 1 amide bonds. The van der Waals surface area contributed by atoms with E-state index in [2.05, 4.69) is 16.8 Å². The third kappa shape index (κ3) is 5.31. The largest absolute Gasteiger partial charge is 0.343 e. The van der Waals surface area contributed by atoms with Crippen LogP contribution >= 0.6 is 22.9 Å². The van der Waals surface area contributed by atoms with E-state index in [0.29, 0.717) is 13.1 Å². The molecule has 9 heteroatoms. The third-order valence-electron chi connectivity index (χ3n) is 5.92. The molecule has 0 unspecified atom stereocenters. The van der Waals surface area contributed by atoms with E-state index in [-0.39, 0.29) is 33.5 Å². The van der Waals surface area contributed by atoms with Crippen LogP contribution in [-0.2, 0) is 10.0 Å². The first-order valence-corrected chi connectivity index (χ1v) is 13.5. The number of rotatable bonds is 9. The Morgan fingerprint density at radius 1 is 1.23 bits per heavy atom. The third-order valence-corrected chi connectivity index (χ3v) is 9.25. The van der Waals surface area contributed by atoms with Gasteiger partial charge in [0.15, 0.2) is 0 Å². The molecule has 0 spiro atoms. The molecule has 1 aliphatic rings. The van der Waals surface area contributed by atoms with Crippen molar-refractivity contribution in [2.45, 2.75) is 50.6 Å². The van der Waals surface area contributed by atoms with Gasteiger partial charge in [0.25, 0.3) is 5.91 Å². The highest BCUT2D eigenvalue weighted by molar-refractivity contribution is 7.89. The average Bonchev–Trinajstić information content (AvgIpc) is 3.44. The Balaban J connectivity index is 1.85. The van der Waals surface area contributed by atoms with E-state index in [1.807, 2.05) is 13.0 Å². The van der Waals surface area contributed by atoms with Gasteiger partial charge in [-0.1, -0.05) is 31.5 Å². The summed E-state index contributed by atoms with van der Waals surface area (Å²) in [6.07, 6.45) is 2.38. The summed E-state index contributed by atoms with van der Waals surface area (Å²) in [5.41, 5.74) is 0.183. The molecular formula is C22H31ClN3O3S2+. The van der Waals surface area contributed by atoms with Crippen molar-refractivity contribution in [2.75, 3.05) is 26.2 Å². The van der Waals surface area contributed by atoms with E-state index in [1.54, 1.807) is 25.2 Å². The summed E-state index contributed by atoms with van der Waals surface area (Å²) in [5, 5.41) is 5.39. The first kappa shape index (κ1) is 24.2. The highest BCUT2D eigenvalue weighted by Gasteiger charge is 2.34. The molecule has 1 fully saturated rings. The van der Waals surface area contributed by atoms with Gasteiger partial charge >= 0.3 is 0 Å². The molecule has 1 aromatic carbocycles. The Morgan fingerprint density at radius 2 is 1.90 bits per heavy atom. The van der Waals surface area contributed by atoms with Crippen LogP contribution in [0.5, 0.6) is 0 Å². The Morgan fingerprint density at radius 3 is 2.48 bits per heavy atom. The van der Waals surface area contributed by atoms with E-state index in [1.165, 1.54) is 45.1 Å². The van der Waals surface area contributed by atoms with Crippen LogP contribution in [0.4, 0.5) is 0 Å². The van der Waals surface area contributed by atoms with Crippen molar-refractivity contribution in [2.24, 2.45) is 0 Å². The highest BCUT2D eigenvalue weighted by Crippen LogP contribution is 2.25. The first-order chi connectivity index (χ1) is 14.8. The fraction of sp³-hybridized carbons (Fsp3) is 0.500. The van der Waals surface area contributed by atoms with E-state index in [9.17, 15) is 13.2 Å². The van der Waals surface area contributed by atoms with E-state index in [4.69, 9.17) is 11.6 Å². The molecule has 0 aliphatic carbocycles. The second-order valence-corrected chi connectivity index (χ2v) is 11.2. The molecule has 0 saturated carbocycles. The van der Waals surface area contributed by atoms with Crippen LogP contribution in [0.15, 0.2) is 40.6 Å². The van der Waals surface area contributed by atoms with Crippen LogP contribution in [0.3, 0.4) is 0 Å². The second-order valence-electron chi connectivity index (χ2n) is 7.85. The zero-order valence-electron chi connectivity index (χ0n) is 18.2. The summed E-state index contributed by atoms with van der Waals surface area (Å²) in [4.78, 5) is 15.9. The number of likely N-dealkylation sites (tertiary alicyclic amines) is 1. The van der Waals surface area contributed by atoms with Gasteiger partial charge in [0, 0.05) is 25.9 Å². The number of benzene rings is 1. The minimum Gasteiger partial charge on any atom is -0.343 e. The van der Waals surface area contributed by atoms with Crippen molar-refractivity contribution in [3.63, 3.8) is 0 Å². The van der Waals surface area contributed by atoms with Crippen LogP contribution in [0.2, 0.25) is 5.02 Å². The van der Waals surface area contributed by atoms with Gasteiger partial charge in [0.2, 0.25) is 10.0 Å². The standard InChI is InChI=1S/C22H30ClN3O3S2/c1-4-26(5-2)31(28,29)17-10-11-19(23)18(15-17)22(27)24-16(3)21(20-9-8-14-30-20)25-12-6-7-13-25/h8-11,14-16,21H,4-7,12-13H2,1-3H3,(H,24,27)/p+1/t16-,21-/m0/s1. The van der Waals surface area contributed by atoms with Crippen molar-refractivity contribution >= 4 is 38.9 Å². The minimum absolute atomic E-state index is 0.0818. The number of amides is 1. The number of carbonyl (C=O) groups excluding carboxylic acids is 1. The number of nitrogens with one attached hydrogen (secondary N) is 2. The lowest BCUT2D eigenvalue weighted by Gasteiger charge is -2.29. The van der Waals surface area contributed by atoms with Gasteiger partial charge in [0.05, 0.1) is 39.5 Å². The van der Waals surface area contributed by atoms with Crippen LogP contribution < -0.4 is 10.2 Å². The van der Waals surface area contributed by atoms with E-state index >= 15 is 0 Å². The van der Waals surface area contributed by atoms with Gasteiger partial charge in [-0.2, -0.15) is 4.31 Å². The molecule has 2 N–H and O–H groups in total. The predicted octanol–water partition coefficient (Wildman–Crippen LogP) is 2.97. The molecule has 2 atom stereocenters. The lowest BCUT2D eigenvalue weighted by Crippen LogP contribution is -3.11. The van der Waals surface area contributed by atoms with Crippen LogP contribution in [-0.4, -0.2) is 50.9 Å². The number of hydrogen-bond acceptors (Lipinski definition) is 4. The molecule has 0 bridgehead atoms. The zero-order valence-corrected chi connectivity index (χ0v) is 20.6. The molecule has 1 saturated heterocycles. The quantitative estimate of drug-likeness (QED) is 0.574. The number of sulfonamides is 1. The molecule has 6 nitrogen and oxygen atoms in total. The fourth-order valence-corrected chi connectivity index (χ4v) is 7.01. The maximum atomic E-state index is 13.1. The SMILES string of the molecule is CCN(CC)S(=O)(=O)c1ccc(Cl)c(C(=O)N[C@@H](C)[C@@H](c2cccs2)[NH+]2CCCC2)c1. The number of thiophene rings is 1. The van der Waals surface area contributed by atoms with Crippen molar-refractivity contribution in [1.82, 2.24) is 9.62 Å². The highest BCUT2D eigenvalue weighted by atomic mass is 35.5. The smallest absolute Gasteiger partial charge is 0.253 e. The first-order valence-electron chi connectivity index (χ1n) is 10.8. The molecule has 2 heterocycles. The van der Waals surface area contributed by atoms with Gasteiger partial charge in [-0.05, 0) is 36.6 Å². The Kier molecular flexibility index (Phi) is 8.15. The number of hydrogen-bond donors (Lipinski definition) is 2. The van der Waals surface area contributed by atoms with Crippen LogP contribution in [0.1, 0.15) is 54.9 Å². The molecule has 1 aliphatic heterocycles. The summed E-state index contributed by atoms with van der Waals surface area (Å²) in [6.45, 7) is 8.48. The molecule has 3 rings (SSSR count). The second kappa shape index (κ2) is 10.4. The maximum absolute atomic E-state index is 13.1. The lowest BCUT2D eigenvalue weighted by molar-refractivity contribution is -0.920. The summed E-state index contributed by atoms with van der Waals surface area (Å²) in [6, 6.07) is 8.52. The molecule has 170 valence electrons. The van der Waals surface area contributed by atoms with Crippen molar-refractivity contribution < 1.29 is 18.1 Å². The number of halogens is 1. The van der Waals surface area contributed by atoms with E-state index in [0.717, 1.165) is 13.1 Å². The summed E-state index contributed by atoms with van der Waals surface area (Å²) in [5.74, 6) is -0.353. The number of nitrogens with zero attached hydrogens (tertiary/aromatic N) is 1. The van der Waals surface area contributed by atoms with Gasteiger partial charge in [0.1, 0.15) is 6.04 Å². The zero-order chi connectivity index (χ0) is 22.6. The summed E-state index contributed by atoms with van der Waals surface area (Å²) < 4.78 is 27.1. The van der Waals surface area contributed by atoms with Crippen LogP contribution in [0, 0.1) is 0 Å². The van der Waals surface area contributed by atoms with Gasteiger partial charge < -0.3 is 10.2 Å². The lowest BCUT2D eigenvalue weighted by atomic mass is 10.1. The normalized spacial score (nSPS) is 17.1. The van der Waals surface area contributed by atoms with Gasteiger partial charge in [-0.15, -0.1) is 11.3 Å². The monoisotopic (exact) mass is 484 g/mol. The van der Waals surface area contributed by atoms with Crippen molar-refractivity contribution in [3.8, 4) is 0 Å².